The number of carbonyl (C=O) groups excluding carboxylic acids is 1. The molecular formula is C23H22N2O3. The lowest BCUT2D eigenvalue weighted by atomic mass is 10.1. The second-order valence-electron chi connectivity index (χ2n) is 6.17. The fourth-order valence-electron chi connectivity index (χ4n) is 2.70. The van der Waals surface area contributed by atoms with Crippen molar-refractivity contribution in [2.24, 2.45) is 5.10 Å². The Morgan fingerprint density at radius 1 is 0.964 bits per heavy atom. The quantitative estimate of drug-likeness (QED) is 0.472. The van der Waals surface area contributed by atoms with Crippen LogP contribution in [0.4, 0.5) is 0 Å². The molecule has 0 bridgehead atoms. The highest BCUT2D eigenvalue weighted by molar-refractivity contribution is 6.02. The standard InChI is InChI=1S/C23H22N2O3/c1-2-21(18-12-14-19(26)15-13-18)24-25-23(27)20-10-6-7-11-22(20)28-16-17-8-4-3-5-9-17/h3-15,26H,2,16H2,1H3,(H,25,27). The highest BCUT2D eigenvalue weighted by Gasteiger charge is 2.12. The van der Waals surface area contributed by atoms with Gasteiger partial charge in [-0.05, 0) is 53.9 Å². The van der Waals surface area contributed by atoms with Crippen molar-refractivity contribution in [2.45, 2.75) is 20.0 Å². The van der Waals surface area contributed by atoms with Crippen LogP contribution in [0.1, 0.15) is 34.8 Å². The number of amides is 1. The number of hydrazone groups is 1. The van der Waals surface area contributed by atoms with E-state index in [0.717, 1.165) is 16.8 Å². The molecule has 0 saturated heterocycles. The van der Waals surface area contributed by atoms with Crippen molar-refractivity contribution in [1.29, 1.82) is 0 Å². The molecule has 5 heteroatoms. The second kappa shape index (κ2) is 9.37. The number of ether oxygens (including phenoxy) is 1. The topological polar surface area (TPSA) is 70.9 Å². The number of hydrogen-bond donors (Lipinski definition) is 2. The summed E-state index contributed by atoms with van der Waals surface area (Å²) in [6.45, 7) is 2.33. The fourth-order valence-corrected chi connectivity index (χ4v) is 2.70. The molecule has 2 N–H and O–H groups in total. The number of hydrogen-bond acceptors (Lipinski definition) is 4. The number of phenols is 1. The minimum absolute atomic E-state index is 0.188. The normalized spacial score (nSPS) is 11.1. The van der Waals surface area contributed by atoms with Gasteiger partial charge in [0.05, 0.1) is 11.3 Å². The van der Waals surface area contributed by atoms with Crippen LogP contribution >= 0.6 is 0 Å². The number of rotatable bonds is 7. The van der Waals surface area contributed by atoms with Crippen LogP contribution in [-0.4, -0.2) is 16.7 Å². The Kier molecular flexibility index (Phi) is 6.41. The largest absolute Gasteiger partial charge is 0.508 e. The molecule has 0 aliphatic heterocycles. The lowest BCUT2D eigenvalue weighted by Crippen LogP contribution is -2.20. The smallest absolute Gasteiger partial charge is 0.275 e. The predicted octanol–water partition coefficient (Wildman–Crippen LogP) is 4.52. The van der Waals surface area contributed by atoms with E-state index in [4.69, 9.17) is 4.74 Å². The first-order valence-corrected chi connectivity index (χ1v) is 9.09. The van der Waals surface area contributed by atoms with Gasteiger partial charge in [0, 0.05) is 0 Å². The lowest BCUT2D eigenvalue weighted by Gasteiger charge is -2.11. The number of para-hydroxylation sites is 1. The summed E-state index contributed by atoms with van der Waals surface area (Å²) in [5, 5.41) is 13.7. The minimum atomic E-state index is -0.339. The fraction of sp³-hybridized carbons (Fsp3) is 0.130. The van der Waals surface area contributed by atoms with Crippen LogP contribution in [0, 0.1) is 0 Å². The molecule has 0 fully saturated rings. The first-order chi connectivity index (χ1) is 13.7. The van der Waals surface area contributed by atoms with Crippen molar-refractivity contribution in [2.75, 3.05) is 0 Å². The third kappa shape index (κ3) is 4.98. The number of aromatic hydroxyl groups is 1. The van der Waals surface area contributed by atoms with Crippen LogP contribution in [-0.2, 0) is 6.61 Å². The molecule has 1 amide bonds. The summed E-state index contributed by atoms with van der Waals surface area (Å²) in [5.41, 5.74) is 5.61. The Bertz CT molecular complexity index is 951. The lowest BCUT2D eigenvalue weighted by molar-refractivity contribution is 0.0950. The summed E-state index contributed by atoms with van der Waals surface area (Å²) in [6.07, 6.45) is 0.636. The summed E-state index contributed by atoms with van der Waals surface area (Å²) in [6, 6.07) is 23.6. The molecule has 0 aromatic heterocycles. The molecule has 0 heterocycles. The molecule has 0 unspecified atom stereocenters. The molecule has 28 heavy (non-hydrogen) atoms. The number of phenolic OH excluding ortho intramolecular Hbond substituents is 1. The van der Waals surface area contributed by atoms with E-state index in [-0.39, 0.29) is 11.7 Å². The first kappa shape index (κ1) is 19.2. The van der Waals surface area contributed by atoms with Crippen molar-refractivity contribution in [3.05, 3.63) is 95.6 Å². The average Bonchev–Trinajstić information content (AvgIpc) is 2.74. The number of benzene rings is 3. The molecule has 5 nitrogen and oxygen atoms in total. The Labute approximate surface area is 164 Å². The maximum atomic E-state index is 12.6. The van der Waals surface area contributed by atoms with Gasteiger partial charge >= 0.3 is 0 Å². The number of nitrogens with zero attached hydrogens (tertiary/aromatic N) is 1. The van der Waals surface area contributed by atoms with Crippen LogP contribution in [0.15, 0.2) is 84.0 Å². The van der Waals surface area contributed by atoms with Gasteiger partial charge in [0.15, 0.2) is 0 Å². The molecular weight excluding hydrogens is 352 g/mol. The van der Waals surface area contributed by atoms with Crippen molar-refractivity contribution in [1.82, 2.24) is 5.43 Å². The zero-order valence-corrected chi connectivity index (χ0v) is 15.6. The molecule has 3 aromatic rings. The summed E-state index contributed by atoms with van der Waals surface area (Å²) in [7, 11) is 0. The van der Waals surface area contributed by atoms with Gasteiger partial charge in [-0.3, -0.25) is 4.79 Å². The van der Waals surface area contributed by atoms with E-state index in [1.807, 2.05) is 43.3 Å². The maximum Gasteiger partial charge on any atom is 0.275 e. The summed E-state index contributed by atoms with van der Waals surface area (Å²) < 4.78 is 5.84. The predicted molar refractivity (Wildman–Crippen MR) is 110 cm³/mol. The Morgan fingerprint density at radius 2 is 1.64 bits per heavy atom. The molecule has 0 atom stereocenters. The van der Waals surface area contributed by atoms with Crippen LogP contribution in [0.25, 0.3) is 0 Å². The van der Waals surface area contributed by atoms with Crippen molar-refractivity contribution < 1.29 is 14.6 Å². The van der Waals surface area contributed by atoms with E-state index in [2.05, 4.69) is 10.5 Å². The Balaban J connectivity index is 1.72. The van der Waals surface area contributed by atoms with Gasteiger partial charge in [-0.25, -0.2) is 5.43 Å². The van der Waals surface area contributed by atoms with Crippen LogP contribution in [0.3, 0.4) is 0 Å². The van der Waals surface area contributed by atoms with E-state index in [1.54, 1.807) is 42.5 Å². The van der Waals surface area contributed by atoms with E-state index in [1.165, 1.54) is 0 Å². The second-order valence-corrected chi connectivity index (χ2v) is 6.17. The van der Waals surface area contributed by atoms with Crippen molar-refractivity contribution in [3.8, 4) is 11.5 Å². The van der Waals surface area contributed by atoms with E-state index in [9.17, 15) is 9.90 Å². The molecule has 3 rings (SSSR count). The molecule has 3 aromatic carbocycles. The molecule has 0 spiro atoms. The van der Waals surface area contributed by atoms with Crippen molar-refractivity contribution >= 4 is 11.6 Å². The van der Waals surface area contributed by atoms with E-state index in [0.29, 0.717) is 24.3 Å². The molecule has 0 saturated carbocycles. The zero-order chi connectivity index (χ0) is 19.8. The SMILES string of the molecule is CCC(=NNC(=O)c1ccccc1OCc1ccccc1)c1ccc(O)cc1. The highest BCUT2D eigenvalue weighted by atomic mass is 16.5. The highest BCUT2D eigenvalue weighted by Crippen LogP contribution is 2.19. The van der Waals surface area contributed by atoms with Gasteiger partial charge in [-0.15, -0.1) is 0 Å². The van der Waals surface area contributed by atoms with Crippen molar-refractivity contribution in [3.63, 3.8) is 0 Å². The van der Waals surface area contributed by atoms with Crippen LogP contribution < -0.4 is 10.2 Å². The van der Waals surface area contributed by atoms with E-state index >= 15 is 0 Å². The minimum Gasteiger partial charge on any atom is -0.508 e. The number of nitrogens with one attached hydrogen (secondary N) is 1. The van der Waals surface area contributed by atoms with Gasteiger partial charge in [0.2, 0.25) is 0 Å². The van der Waals surface area contributed by atoms with Gasteiger partial charge < -0.3 is 9.84 Å². The third-order valence-corrected chi connectivity index (χ3v) is 4.20. The van der Waals surface area contributed by atoms with Crippen LogP contribution in [0.5, 0.6) is 11.5 Å². The first-order valence-electron chi connectivity index (χ1n) is 9.09. The Hall–Kier alpha value is -3.60. The summed E-state index contributed by atoms with van der Waals surface area (Å²) >= 11 is 0. The maximum absolute atomic E-state index is 12.6. The van der Waals surface area contributed by atoms with Gasteiger partial charge in [-0.1, -0.05) is 49.4 Å². The Morgan fingerprint density at radius 3 is 2.36 bits per heavy atom. The third-order valence-electron chi connectivity index (χ3n) is 4.20. The number of carbonyl (C=O) groups is 1. The molecule has 0 aliphatic rings. The van der Waals surface area contributed by atoms with E-state index < -0.39 is 0 Å². The van der Waals surface area contributed by atoms with Gasteiger partial charge in [0.25, 0.3) is 5.91 Å². The van der Waals surface area contributed by atoms with Gasteiger partial charge in [0.1, 0.15) is 18.1 Å². The molecule has 142 valence electrons. The monoisotopic (exact) mass is 374 g/mol. The van der Waals surface area contributed by atoms with Gasteiger partial charge in [-0.2, -0.15) is 5.10 Å². The average molecular weight is 374 g/mol. The summed E-state index contributed by atoms with van der Waals surface area (Å²) in [4.78, 5) is 12.6. The summed E-state index contributed by atoms with van der Waals surface area (Å²) in [5.74, 6) is 0.350. The molecule has 0 aliphatic carbocycles. The molecule has 0 radical (unpaired) electrons. The zero-order valence-electron chi connectivity index (χ0n) is 15.6. The van der Waals surface area contributed by atoms with Crippen LogP contribution in [0.2, 0.25) is 0 Å².